The molecule has 1 rings (SSSR count). The quantitative estimate of drug-likeness (QED) is 0.783. The van der Waals surface area contributed by atoms with Gasteiger partial charge in [-0.05, 0) is 6.42 Å². The van der Waals surface area contributed by atoms with Crippen LogP contribution in [-0.2, 0) is 16.9 Å². The molecule has 6 nitrogen and oxygen atoms in total. The van der Waals surface area contributed by atoms with Gasteiger partial charge in [-0.25, -0.2) is 13.1 Å². The Labute approximate surface area is 105 Å². The number of anilines is 1. The molecule has 8 heteroatoms. The maximum Gasteiger partial charge on any atom is 0.287 e. The second-order valence-corrected chi connectivity index (χ2v) is 6.35. The lowest BCUT2D eigenvalue weighted by Gasteiger charge is -2.07. The minimum Gasteiger partial charge on any atom is -0.382 e. The van der Waals surface area contributed by atoms with Crippen molar-refractivity contribution >= 4 is 27.1 Å². The highest BCUT2D eigenvalue weighted by molar-refractivity contribution is 7.90. The summed E-state index contributed by atoms with van der Waals surface area (Å²) in [6, 6.07) is 0. The van der Waals surface area contributed by atoms with E-state index in [0.29, 0.717) is 18.7 Å². The van der Waals surface area contributed by atoms with Crippen LogP contribution in [0.2, 0.25) is 5.02 Å². The van der Waals surface area contributed by atoms with E-state index in [-0.39, 0.29) is 16.3 Å². The predicted molar refractivity (Wildman–Crippen MR) is 67.3 cm³/mol. The van der Waals surface area contributed by atoms with Gasteiger partial charge in [-0.1, -0.05) is 11.6 Å². The molecule has 0 aromatic carbocycles. The Kier molecular flexibility index (Phi) is 4.53. The first-order chi connectivity index (χ1) is 7.81. The Morgan fingerprint density at radius 2 is 2.18 bits per heavy atom. The van der Waals surface area contributed by atoms with E-state index in [0.717, 1.165) is 4.68 Å². The number of halogens is 1. The second-order valence-electron chi connectivity index (χ2n) is 3.71. The Bertz CT molecular complexity index is 553. The number of aromatic nitrogens is 2. The fourth-order valence-corrected chi connectivity index (χ4v) is 2.10. The third-order valence-electron chi connectivity index (χ3n) is 2.09. The van der Waals surface area contributed by atoms with Crippen molar-refractivity contribution in [1.29, 1.82) is 0 Å². The molecule has 0 aliphatic rings. The summed E-state index contributed by atoms with van der Waals surface area (Å²) in [4.78, 5) is 11.4. The maximum absolute atomic E-state index is 11.4. The van der Waals surface area contributed by atoms with Crippen LogP contribution < -0.4 is 10.9 Å². The molecule has 1 aromatic heterocycles. The average molecular weight is 280 g/mol. The van der Waals surface area contributed by atoms with E-state index in [9.17, 15) is 13.2 Å². The van der Waals surface area contributed by atoms with Gasteiger partial charge < -0.3 is 5.32 Å². The summed E-state index contributed by atoms with van der Waals surface area (Å²) in [6.45, 7) is 0.418. The Morgan fingerprint density at radius 3 is 2.76 bits per heavy atom. The first kappa shape index (κ1) is 14.0. The molecule has 0 aliphatic heterocycles. The number of nitrogens with zero attached hydrogens (tertiary/aromatic N) is 2. The lowest BCUT2D eigenvalue weighted by Crippen LogP contribution is -2.21. The molecule has 0 radical (unpaired) electrons. The minimum absolute atomic E-state index is 0.0573. The fourth-order valence-electron chi connectivity index (χ4n) is 1.19. The molecule has 1 aromatic rings. The van der Waals surface area contributed by atoms with Crippen LogP contribution in [0.4, 0.5) is 5.69 Å². The van der Waals surface area contributed by atoms with Gasteiger partial charge >= 0.3 is 0 Å². The van der Waals surface area contributed by atoms with E-state index >= 15 is 0 Å². The van der Waals surface area contributed by atoms with Crippen LogP contribution in [0.1, 0.15) is 6.42 Å². The largest absolute Gasteiger partial charge is 0.382 e. The average Bonchev–Trinajstić information content (AvgIpc) is 2.22. The molecule has 0 spiro atoms. The number of sulfone groups is 1. The van der Waals surface area contributed by atoms with Crippen molar-refractivity contribution in [3.63, 3.8) is 0 Å². The SMILES string of the molecule is Cn1ncc(NCCCS(C)(=O)=O)c(Cl)c1=O. The smallest absolute Gasteiger partial charge is 0.287 e. The molecular weight excluding hydrogens is 266 g/mol. The molecule has 0 bridgehead atoms. The van der Waals surface area contributed by atoms with Crippen molar-refractivity contribution in [1.82, 2.24) is 9.78 Å². The van der Waals surface area contributed by atoms with Crippen LogP contribution in [0.3, 0.4) is 0 Å². The normalized spacial score (nSPS) is 11.5. The Balaban J connectivity index is 2.59. The summed E-state index contributed by atoms with van der Waals surface area (Å²) in [5.74, 6) is 0.0931. The molecule has 0 saturated carbocycles. The van der Waals surface area contributed by atoms with Crippen LogP contribution in [0.15, 0.2) is 11.0 Å². The summed E-state index contributed by atoms with van der Waals surface area (Å²) in [5, 5.41) is 6.74. The van der Waals surface area contributed by atoms with Gasteiger partial charge in [-0.15, -0.1) is 0 Å². The van der Waals surface area contributed by atoms with Gasteiger partial charge in [0.25, 0.3) is 5.56 Å². The first-order valence-corrected chi connectivity index (χ1v) is 7.38. The zero-order chi connectivity index (χ0) is 13.1. The molecule has 1 N–H and O–H groups in total. The molecule has 17 heavy (non-hydrogen) atoms. The van der Waals surface area contributed by atoms with Gasteiger partial charge in [0.1, 0.15) is 14.9 Å². The van der Waals surface area contributed by atoms with Gasteiger partial charge in [0.2, 0.25) is 0 Å². The van der Waals surface area contributed by atoms with Gasteiger partial charge in [-0.3, -0.25) is 4.79 Å². The number of aryl methyl sites for hydroxylation is 1. The van der Waals surface area contributed by atoms with Crippen LogP contribution in [0.25, 0.3) is 0 Å². The highest BCUT2D eigenvalue weighted by atomic mass is 35.5. The third-order valence-corrected chi connectivity index (χ3v) is 3.48. The highest BCUT2D eigenvalue weighted by Crippen LogP contribution is 2.14. The van der Waals surface area contributed by atoms with Crippen molar-refractivity contribution in [3.8, 4) is 0 Å². The lowest BCUT2D eigenvalue weighted by atomic mass is 10.4. The summed E-state index contributed by atoms with van der Waals surface area (Å²) in [5.41, 5.74) is 0.0306. The fraction of sp³-hybridized carbons (Fsp3) is 0.556. The summed E-state index contributed by atoms with van der Waals surface area (Å²) < 4.78 is 22.9. The standard InChI is InChI=1S/C9H14ClN3O3S/c1-13-9(14)8(10)7(6-12-13)11-4-3-5-17(2,15)16/h6,11H,3-5H2,1-2H3. The van der Waals surface area contributed by atoms with Gasteiger partial charge in [0.05, 0.1) is 17.6 Å². The highest BCUT2D eigenvalue weighted by Gasteiger charge is 2.07. The molecule has 0 amide bonds. The van der Waals surface area contributed by atoms with Crippen molar-refractivity contribution in [2.45, 2.75) is 6.42 Å². The molecule has 0 fully saturated rings. The van der Waals surface area contributed by atoms with Gasteiger partial charge in [0.15, 0.2) is 0 Å². The van der Waals surface area contributed by atoms with Crippen LogP contribution in [0, 0.1) is 0 Å². The summed E-state index contributed by atoms with van der Waals surface area (Å²) >= 11 is 5.81. The van der Waals surface area contributed by atoms with Crippen LogP contribution in [-0.4, -0.2) is 36.8 Å². The van der Waals surface area contributed by atoms with Crippen molar-refractivity contribution < 1.29 is 8.42 Å². The van der Waals surface area contributed by atoms with E-state index in [1.807, 2.05) is 0 Å². The zero-order valence-corrected chi connectivity index (χ0v) is 11.2. The Morgan fingerprint density at radius 1 is 1.53 bits per heavy atom. The zero-order valence-electron chi connectivity index (χ0n) is 9.60. The molecule has 0 atom stereocenters. The Hall–Kier alpha value is -1.08. The number of nitrogens with one attached hydrogen (secondary N) is 1. The van der Waals surface area contributed by atoms with E-state index in [4.69, 9.17) is 11.6 Å². The van der Waals surface area contributed by atoms with Crippen molar-refractivity contribution in [3.05, 3.63) is 21.6 Å². The van der Waals surface area contributed by atoms with Crippen molar-refractivity contribution in [2.24, 2.45) is 7.05 Å². The first-order valence-electron chi connectivity index (χ1n) is 4.94. The van der Waals surface area contributed by atoms with E-state index < -0.39 is 9.84 Å². The van der Waals surface area contributed by atoms with E-state index in [1.54, 1.807) is 0 Å². The van der Waals surface area contributed by atoms with Gasteiger partial charge in [0, 0.05) is 19.8 Å². The molecular formula is C9H14ClN3O3S. The van der Waals surface area contributed by atoms with Crippen LogP contribution >= 0.6 is 11.6 Å². The predicted octanol–water partition coefficient (Wildman–Crippen LogP) is 0.280. The second kappa shape index (κ2) is 5.50. The van der Waals surface area contributed by atoms with Crippen LogP contribution in [0.5, 0.6) is 0 Å². The topological polar surface area (TPSA) is 81.1 Å². The number of rotatable bonds is 5. The maximum atomic E-state index is 11.4. The minimum atomic E-state index is -2.96. The van der Waals surface area contributed by atoms with Gasteiger partial charge in [-0.2, -0.15) is 5.10 Å². The summed E-state index contributed by atoms with van der Waals surface area (Å²) in [7, 11) is -1.46. The molecule has 0 aliphatic carbocycles. The molecule has 96 valence electrons. The molecule has 0 saturated heterocycles. The lowest BCUT2D eigenvalue weighted by molar-refractivity contribution is 0.600. The van der Waals surface area contributed by atoms with E-state index in [1.165, 1.54) is 19.5 Å². The monoisotopic (exact) mass is 279 g/mol. The third kappa shape index (κ3) is 4.35. The van der Waals surface area contributed by atoms with Crippen molar-refractivity contribution in [2.75, 3.05) is 23.9 Å². The molecule has 1 heterocycles. The summed E-state index contributed by atoms with van der Waals surface area (Å²) in [6.07, 6.45) is 3.06. The number of hydrogen-bond acceptors (Lipinski definition) is 5. The number of hydrogen-bond donors (Lipinski definition) is 1. The molecule has 0 unspecified atom stereocenters. The van der Waals surface area contributed by atoms with E-state index in [2.05, 4.69) is 10.4 Å².